The van der Waals surface area contributed by atoms with Gasteiger partial charge in [-0.25, -0.2) is 0 Å². The van der Waals surface area contributed by atoms with E-state index in [-0.39, 0.29) is 73.9 Å². The zero-order valence-electron chi connectivity index (χ0n) is 37.3. The van der Waals surface area contributed by atoms with Gasteiger partial charge in [0.1, 0.15) is 0 Å². The van der Waals surface area contributed by atoms with Crippen molar-refractivity contribution >= 4 is 60.8 Å². The van der Waals surface area contributed by atoms with E-state index in [0.29, 0.717) is 51.1 Å². The van der Waals surface area contributed by atoms with Gasteiger partial charge in [0.2, 0.25) is 0 Å². The number of ether oxygens (including phenoxy) is 2. The number of aliphatic hydroxyl groups excluding tert-OH is 2. The summed E-state index contributed by atoms with van der Waals surface area (Å²) in [6, 6.07) is 20.7. The van der Waals surface area contributed by atoms with Gasteiger partial charge in [-0.15, -0.1) is 0 Å². The number of aliphatic carboxylic acids is 2. The Balaban J connectivity index is 0.00000112. The Morgan fingerprint density at radius 1 is 0.441 bits per heavy atom. The molecule has 4 unspecified atom stereocenters. The van der Waals surface area contributed by atoms with Crippen molar-refractivity contribution in [1.29, 1.82) is 0 Å². The number of hydrogen-bond donors (Lipinski definition) is 2. The molecule has 9 heteroatoms. The van der Waals surface area contributed by atoms with E-state index in [1.807, 2.05) is 12.1 Å². The van der Waals surface area contributed by atoms with Gasteiger partial charge in [0.25, 0.3) is 0 Å². The van der Waals surface area contributed by atoms with Crippen LogP contribution in [0.4, 0.5) is 0 Å². The number of hydrogen-bond acceptors (Lipinski definition) is 8. The number of carboxylic acid groups (broad SMARTS) is 2. The molecule has 0 aromatic heterocycles. The van der Waals surface area contributed by atoms with Crippen LogP contribution in [0.2, 0.25) is 0 Å². The molecule has 0 amide bonds. The van der Waals surface area contributed by atoms with Gasteiger partial charge in [0.05, 0.1) is 37.6 Å². The molecular weight excluding hydrogens is 866 g/mol. The molecule has 0 aliphatic rings. The van der Waals surface area contributed by atoms with Gasteiger partial charge in [-0.2, -0.15) is 0 Å². The number of benzene rings is 2. The van der Waals surface area contributed by atoms with E-state index >= 15 is 0 Å². The maximum absolute atomic E-state index is 10.3. The average molecular weight is 949 g/mol. The predicted octanol–water partition coefficient (Wildman–Crippen LogP) is 9.95. The zero-order chi connectivity index (χ0) is 42.3. The Morgan fingerprint density at radius 2 is 0.695 bits per heavy atom. The van der Waals surface area contributed by atoms with E-state index in [0.717, 1.165) is 51.4 Å². The van der Waals surface area contributed by atoms with Gasteiger partial charge >= 0.3 is 48.9 Å². The Kier molecular flexibility index (Phi) is 41.2. The third-order valence-corrected chi connectivity index (χ3v) is 10.9. The largest absolute Gasteiger partial charge is 2.00 e. The summed E-state index contributed by atoms with van der Waals surface area (Å²) in [5, 5.41) is 40.3. The molecule has 0 aliphatic heterocycles. The van der Waals surface area contributed by atoms with Crippen molar-refractivity contribution in [3.8, 4) is 0 Å². The van der Waals surface area contributed by atoms with Gasteiger partial charge in [-0.05, 0) is 89.2 Å². The number of aliphatic hydroxyl groups is 2. The number of carbonyl (C=O) groups is 2. The fourth-order valence-corrected chi connectivity index (χ4v) is 7.14. The molecule has 8 nitrogen and oxygen atoms in total. The smallest absolute Gasteiger partial charge is 0.550 e. The summed E-state index contributed by atoms with van der Waals surface area (Å²) in [5.74, 6) is -2.05. The van der Waals surface area contributed by atoms with E-state index in [2.05, 4.69) is 62.4 Å². The molecule has 0 aliphatic carbocycles. The average Bonchev–Trinajstić information content (AvgIpc) is 3.21. The Morgan fingerprint density at radius 3 is 0.983 bits per heavy atom. The van der Waals surface area contributed by atoms with E-state index in [1.54, 1.807) is 0 Å². The third-order valence-electron chi connectivity index (χ3n) is 10.9. The minimum atomic E-state index is -1.02. The summed E-state index contributed by atoms with van der Waals surface area (Å²) in [6.07, 6.45) is 28.4. The van der Waals surface area contributed by atoms with Crippen molar-refractivity contribution in [3.05, 3.63) is 71.8 Å². The first-order valence-electron chi connectivity index (χ1n) is 23.2. The van der Waals surface area contributed by atoms with Crippen LogP contribution in [0.25, 0.3) is 0 Å². The maximum atomic E-state index is 10.3. The molecule has 2 N–H and O–H groups in total. The molecular formula is C50H82BaO8. The summed E-state index contributed by atoms with van der Waals surface area (Å²) in [5.41, 5.74) is 2.48. The van der Waals surface area contributed by atoms with Crippen molar-refractivity contribution in [2.24, 2.45) is 0 Å². The molecule has 0 bridgehead atoms. The summed E-state index contributed by atoms with van der Waals surface area (Å²) in [6.45, 7) is 5.75. The topological polar surface area (TPSA) is 139 Å². The summed E-state index contributed by atoms with van der Waals surface area (Å²) < 4.78 is 11.8. The number of carboxylic acids is 2. The number of carbonyl (C=O) groups excluding carboxylic acids is 2. The van der Waals surface area contributed by atoms with Crippen LogP contribution >= 0.6 is 0 Å². The van der Waals surface area contributed by atoms with Gasteiger partial charge in [0.15, 0.2) is 0 Å². The normalized spacial score (nSPS) is 13.1. The summed E-state index contributed by atoms with van der Waals surface area (Å²) >= 11 is 0. The van der Waals surface area contributed by atoms with Crippen molar-refractivity contribution in [2.45, 2.75) is 231 Å². The first-order chi connectivity index (χ1) is 28.2. The molecule has 59 heavy (non-hydrogen) atoms. The van der Waals surface area contributed by atoms with E-state index in [4.69, 9.17) is 9.47 Å². The van der Waals surface area contributed by atoms with Crippen LogP contribution in [-0.4, -0.2) is 95.4 Å². The van der Waals surface area contributed by atoms with Crippen molar-refractivity contribution < 1.29 is 39.5 Å². The van der Waals surface area contributed by atoms with Crippen LogP contribution in [0.5, 0.6) is 0 Å². The van der Waals surface area contributed by atoms with Crippen LogP contribution in [0.15, 0.2) is 60.7 Å². The molecule has 2 rings (SSSR count). The fraction of sp³-hybridized carbons (Fsp3) is 0.720. The fourth-order valence-electron chi connectivity index (χ4n) is 7.14. The molecule has 0 fully saturated rings. The quantitative estimate of drug-likeness (QED) is 0.0501. The standard InChI is InChI=1S/2C25H42O4.Ba/c2*1-22(29-21-23-16-11-9-12-17-23)15-10-7-5-3-2-4-6-8-13-18-24(26)19-14-20-25(27)28;/h2*9,11-12,16-17,22,24,26H,2-8,10,13-15,18-21H2,1H3,(H,27,28);/q;;+2/p-2. The Bertz CT molecular complexity index is 1110. The number of rotatable bonds is 38. The predicted molar refractivity (Wildman–Crippen MR) is 238 cm³/mol. The van der Waals surface area contributed by atoms with E-state index < -0.39 is 11.9 Å². The van der Waals surface area contributed by atoms with E-state index in [1.165, 1.54) is 101 Å². The molecule has 4 atom stereocenters. The van der Waals surface area contributed by atoms with Crippen LogP contribution < -0.4 is 10.2 Å². The van der Waals surface area contributed by atoms with Crippen LogP contribution in [0.3, 0.4) is 0 Å². The minimum Gasteiger partial charge on any atom is -0.550 e. The molecule has 0 radical (unpaired) electrons. The maximum Gasteiger partial charge on any atom is 2.00 e. The number of unbranched alkanes of at least 4 members (excludes halogenated alkanes) is 16. The second kappa shape index (κ2) is 42.1. The second-order valence-corrected chi connectivity index (χ2v) is 16.6. The molecule has 0 heterocycles. The third kappa shape index (κ3) is 40.6. The second-order valence-electron chi connectivity index (χ2n) is 16.6. The van der Waals surface area contributed by atoms with Crippen LogP contribution in [0.1, 0.15) is 205 Å². The summed E-state index contributed by atoms with van der Waals surface area (Å²) in [4.78, 5) is 20.7. The molecule has 2 aromatic rings. The van der Waals surface area contributed by atoms with Gasteiger partial charge < -0.3 is 39.5 Å². The summed E-state index contributed by atoms with van der Waals surface area (Å²) in [7, 11) is 0. The monoisotopic (exact) mass is 949 g/mol. The molecule has 332 valence electrons. The van der Waals surface area contributed by atoms with Gasteiger partial charge in [-0.1, -0.05) is 176 Å². The minimum absolute atomic E-state index is 0. The first-order valence-corrected chi connectivity index (χ1v) is 23.2. The molecule has 0 saturated carbocycles. The van der Waals surface area contributed by atoms with Crippen molar-refractivity contribution in [1.82, 2.24) is 0 Å². The van der Waals surface area contributed by atoms with E-state index in [9.17, 15) is 30.0 Å². The van der Waals surface area contributed by atoms with Gasteiger partial charge in [-0.3, -0.25) is 0 Å². The Hall–Kier alpha value is -1.21. The first kappa shape index (κ1) is 57.8. The Labute approximate surface area is 400 Å². The molecule has 0 spiro atoms. The van der Waals surface area contributed by atoms with Crippen LogP contribution in [0, 0.1) is 0 Å². The molecule has 0 saturated heterocycles. The zero-order valence-corrected chi connectivity index (χ0v) is 41.8. The molecule has 2 aromatic carbocycles. The van der Waals surface area contributed by atoms with Gasteiger partial charge in [0, 0.05) is 11.9 Å². The van der Waals surface area contributed by atoms with Crippen molar-refractivity contribution in [3.63, 3.8) is 0 Å². The van der Waals surface area contributed by atoms with Crippen molar-refractivity contribution in [2.75, 3.05) is 0 Å². The van der Waals surface area contributed by atoms with Crippen LogP contribution in [-0.2, 0) is 32.3 Å². The SMILES string of the molecule is CC(CCCCCCCCCCCC(O)CCCC(=O)[O-])OCc1ccccc1.CC(CCCCCCCCCCCC(O)CCCC(=O)[O-])OCc1ccccc1.[Ba+2].